The van der Waals surface area contributed by atoms with Crippen molar-refractivity contribution in [2.24, 2.45) is 4.99 Å². The van der Waals surface area contributed by atoms with Crippen molar-refractivity contribution in [3.63, 3.8) is 0 Å². The number of nitrogens with zero attached hydrogens (tertiary/aromatic N) is 2. The number of benzene rings is 1. The third kappa shape index (κ3) is 4.92. The van der Waals surface area contributed by atoms with Crippen molar-refractivity contribution in [3.8, 4) is 0 Å². The zero-order chi connectivity index (χ0) is 15.5. The maximum absolute atomic E-state index is 13.9. The van der Waals surface area contributed by atoms with E-state index in [0.29, 0.717) is 18.3 Å². The van der Waals surface area contributed by atoms with Gasteiger partial charge in [0.2, 0.25) is 0 Å². The molecule has 2 fully saturated rings. The number of guanidine groups is 1. The Kier molecular flexibility index (Phi) is 6.43. The Bertz CT molecular complexity index is 563. The van der Waals surface area contributed by atoms with Crippen molar-refractivity contribution in [3.05, 3.63) is 29.8 Å². The van der Waals surface area contributed by atoms with Gasteiger partial charge < -0.3 is 15.5 Å². The molecule has 1 aromatic rings. The first-order valence-electron chi connectivity index (χ1n) is 7.93. The van der Waals surface area contributed by atoms with Gasteiger partial charge in [-0.2, -0.15) is 0 Å². The summed E-state index contributed by atoms with van der Waals surface area (Å²) in [5.74, 6) is -0.197. The van der Waals surface area contributed by atoms with Crippen LogP contribution in [0.5, 0.6) is 0 Å². The summed E-state index contributed by atoms with van der Waals surface area (Å²) in [5, 5.41) is 6.81. The molecule has 0 amide bonds. The maximum atomic E-state index is 13.9. The van der Waals surface area contributed by atoms with Gasteiger partial charge >= 0.3 is 0 Å². The van der Waals surface area contributed by atoms with E-state index < -0.39 is 11.6 Å². The Labute approximate surface area is 152 Å². The second kappa shape index (κ2) is 8.12. The van der Waals surface area contributed by atoms with E-state index in [-0.39, 0.29) is 30.0 Å². The molecule has 1 saturated heterocycles. The van der Waals surface area contributed by atoms with Crippen molar-refractivity contribution in [1.29, 1.82) is 0 Å². The van der Waals surface area contributed by atoms with E-state index in [9.17, 15) is 8.78 Å². The van der Waals surface area contributed by atoms with Crippen LogP contribution in [-0.4, -0.2) is 37.7 Å². The van der Waals surface area contributed by atoms with Crippen LogP contribution < -0.4 is 15.5 Å². The van der Waals surface area contributed by atoms with Gasteiger partial charge in [-0.1, -0.05) is 0 Å². The molecule has 1 aliphatic carbocycles. The van der Waals surface area contributed by atoms with Crippen molar-refractivity contribution in [2.45, 2.75) is 38.3 Å². The fourth-order valence-electron chi connectivity index (χ4n) is 2.74. The molecule has 1 saturated carbocycles. The first-order valence-corrected chi connectivity index (χ1v) is 7.93. The van der Waals surface area contributed by atoms with Crippen LogP contribution in [0.25, 0.3) is 0 Å². The molecule has 0 spiro atoms. The predicted molar refractivity (Wildman–Crippen MR) is 99.7 cm³/mol. The van der Waals surface area contributed by atoms with Crippen LogP contribution in [0.1, 0.15) is 26.2 Å². The predicted octanol–water partition coefficient (Wildman–Crippen LogP) is 2.88. The standard InChI is InChI=1S/C16H22F2N4.HI/c1-2-19-16(20-12-4-5-12)21-13-7-8-22(10-13)15-6-3-11(17)9-14(15)18;/h3,6,9,12-13H,2,4-5,7-8,10H2,1H3,(H2,19,20,21);1H. The molecule has 1 unspecified atom stereocenters. The van der Waals surface area contributed by atoms with Crippen LogP contribution in [0.15, 0.2) is 23.2 Å². The average molecular weight is 436 g/mol. The van der Waals surface area contributed by atoms with Gasteiger partial charge in [-0.05, 0) is 38.3 Å². The van der Waals surface area contributed by atoms with E-state index in [4.69, 9.17) is 0 Å². The van der Waals surface area contributed by atoms with E-state index in [1.165, 1.54) is 25.0 Å². The van der Waals surface area contributed by atoms with E-state index in [1.54, 1.807) is 0 Å². The summed E-state index contributed by atoms with van der Waals surface area (Å²) in [4.78, 5) is 6.40. The van der Waals surface area contributed by atoms with E-state index in [2.05, 4.69) is 15.6 Å². The Hall–Kier alpha value is -1.12. The molecule has 1 aliphatic heterocycles. The lowest BCUT2D eigenvalue weighted by atomic mass is 10.2. The Balaban J connectivity index is 0.00000192. The molecular weight excluding hydrogens is 413 g/mol. The fraction of sp³-hybridized carbons (Fsp3) is 0.562. The minimum atomic E-state index is -0.541. The maximum Gasteiger partial charge on any atom is 0.191 e. The van der Waals surface area contributed by atoms with Crippen LogP contribution in [0.2, 0.25) is 0 Å². The molecule has 1 atom stereocenters. The molecule has 0 bridgehead atoms. The highest BCUT2D eigenvalue weighted by molar-refractivity contribution is 14.0. The van der Waals surface area contributed by atoms with Gasteiger partial charge in [-0.25, -0.2) is 8.78 Å². The van der Waals surface area contributed by atoms with E-state index >= 15 is 0 Å². The Morgan fingerprint density at radius 3 is 2.61 bits per heavy atom. The average Bonchev–Trinajstić information content (AvgIpc) is 3.16. The second-order valence-corrected chi connectivity index (χ2v) is 5.91. The lowest BCUT2D eigenvalue weighted by molar-refractivity contribution is 0.580. The van der Waals surface area contributed by atoms with Crippen LogP contribution in [0.4, 0.5) is 14.5 Å². The third-order valence-corrected chi connectivity index (χ3v) is 4.01. The zero-order valence-electron chi connectivity index (χ0n) is 13.2. The minimum Gasteiger partial charge on any atom is -0.367 e. The van der Waals surface area contributed by atoms with Gasteiger partial charge in [0.05, 0.1) is 5.69 Å². The van der Waals surface area contributed by atoms with E-state index in [0.717, 1.165) is 31.5 Å². The highest BCUT2D eigenvalue weighted by Crippen LogP contribution is 2.24. The van der Waals surface area contributed by atoms with Crippen molar-refractivity contribution in [1.82, 2.24) is 10.6 Å². The molecule has 1 heterocycles. The number of anilines is 1. The summed E-state index contributed by atoms with van der Waals surface area (Å²) in [5.41, 5.74) is 0.467. The van der Waals surface area contributed by atoms with Crippen LogP contribution in [0.3, 0.4) is 0 Å². The molecule has 128 valence electrons. The molecule has 0 radical (unpaired) electrons. The van der Waals surface area contributed by atoms with Gasteiger partial charge in [0, 0.05) is 37.8 Å². The summed E-state index contributed by atoms with van der Waals surface area (Å²) in [6.07, 6.45) is 3.30. The van der Waals surface area contributed by atoms with Gasteiger partial charge in [-0.3, -0.25) is 4.99 Å². The van der Waals surface area contributed by atoms with Crippen molar-refractivity contribution >= 4 is 35.6 Å². The first kappa shape index (κ1) is 18.2. The molecule has 1 aromatic carbocycles. The van der Waals surface area contributed by atoms with E-state index in [1.807, 2.05) is 11.8 Å². The number of nitrogens with one attached hydrogen (secondary N) is 2. The molecule has 4 nitrogen and oxygen atoms in total. The topological polar surface area (TPSA) is 39.7 Å². The summed E-state index contributed by atoms with van der Waals surface area (Å²) >= 11 is 0. The number of halogens is 3. The lowest BCUT2D eigenvalue weighted by Gasteiger charge is -2.21. The minimum absolute atomic E-state index is 0. The second-order valence-electron chi connectivity index (χ2n) is 5.91. The summed E-state index contributed by atoms with van der Waals surface area (Å²) < 4.78 is 26.9. The van der Waals surface area contributed by atoms with Gasteiger partial charge in [-0.15, -0.1) is 24.0 Å². The third-order valence-electron chi connectivity index (χ3n) is 4.01. The highest BCUT2D eigenvalue weighted by atomic mass is 127. The molecule has 3 rings (SSSR count). The molecule has 7 heteroatoms. The number of hydrogen-bond donors (Lipinski definition) is 2. The number of rotatable bonds is 4. The molecule has 2 aliphatic rings. The Morgan fingerprint density at radius 2 is 1.96 bits per heavy atom. The van der Waals surface area contributed by atoms with Crippen LogP contribution in [0, 0.1) is 11.6 Å². The largest absolute Gasteiger partial charge is 0.367 e. The molecule has 2 N–H and O–H groups in total. The van der Waals surface area contributed by atoms with Gasteiger partial charge in [0.1, 0.15) is 11.6 Å². The number of aliphatic imine (C=N–C) groups is 1. The molecular formula is C16H23F2IN4. The Morgan fingerprint density at radius 1 is 1.22 bits per heavy atom. The van der Waals surface area contributed by atoms with Crippen LogP contribution >= 0.6 is 24.0 Å². The monoisotopic (exact) mass is 436 g/mol. The smallest absolute Gasteiger partial charge is 0.191 e. The van der Waals surface area contributed by atoms with Crippen molar-refractivity contribution in [2.75, 3.05) is 24.5 Å². The van der Waals surface area contributed by atoms with Crippen LogP contribution in [-0.2, 0) is 0 Å². The number of hydrogen-bond acceptors (Lipinski definition) is 2. The molecule has 0 aromatic heterocycles. The van der Waals surface area contributed by atoms with Gasteiger partial charge in [0.15, 0.2) is 5.96 Å². The van der Waals surface area contributed by atoms with Gasteiger partial charge in [0.25, 0.3) is 0 Å². The normalized spacial score (nSPS) is 21.1. The summed E-state index contributed by atoms with van der Waals surface area (Å²) in [7, 11) is 0. The first-order chi connectivity index (χ1) is 10.7. The SMILES string of the molecule is CCN=C(NC1CC1)NC1CCN(c2ccc(F)cc2F)C1.I. The van der Waals surface area contributed by atoms with Crippen molar-refractivity contribution < 1.29 is 8.78 Å². The quantitative estimate of drug-likeness (QED) is 0.433. The highest BCUT2D eigenvalue weighted by Gasteiger charge is 2.27. The molecule has 23 heavy (non-hydrogen) atoms. The fourth-order valence-corrected chi connectivity index (χ4v) is 2.74. The summed E-state index contributed by atoms with van der Waals surface area (Å²) in [6, 6.07) is 4.52. The lowest BCUT2D eigenvalue weighted by Crippen LogP contribution is -2.45. The summed E-state index contributed by atoms with van der Waals surface area (Å²) in [6.45, 7) is 4.18. The zero-order valence-corrected chi connectivity index (χ0v) is 15.5.